The summed E-state index contributed by atoms with van der Waals surface area (Å²) < 4.78 is 53.9. The molecule has 0 amide bonds. The number of alkyl halides is 3. The van der Waals surface area contributed by atoms with Gasteiger partial charge in [-0.3, -0.25) is 4.98 Å². The number of phenols is 1. The van der Waals surface area contributed by atoms with Gasteiger partial charge in [0.2, 0.25) is 0 Å². The van der Waals surface area contributed by atoms with Gasteiger partial charge in [-0.05, 0) is 37.3 Å². The Morgan fingerprint density at radius 1 is 0.968 bits per heavy atom. The molecule has 0 saturated heterocycles. The number of nitrogens with one attached hydrogen (secondary N) is 1. The number of aromatic nitrogens is 2. The van der Waals surface area contributed by atoms with Crippen molar-refractivity contribution in [2.24, 2.45) is 0 Å². The molecule has 0 bridgehead atoms. The van der Waals surface area contributed by atoms with E-state index in [0.717, 1.165) is 12.1 Å². The van der Waals surface area contributed by atoms with E-state index in [-0.39, 0.29) is 16.9 Å². The number of anilines is 1. The van der Waals surface area contributed by atoms with Crippen LogP contribution in [0.15, 0.2) is 66.9 Å². The van der Waals surface area contributed by atoms with Gasteiger partial charge in [0.15, 0.2) is 0 Å². The highest BCUT2D eigenvalue weighted by atomic mass is 19.4. The van der Waals surface area contributed by atoms with Gasteiger partial charge in [0.05, 0.1) is 11.6 Å². The number of aryl methyl sites for hydroxylation is 1. The van der Waals surface area contributed by atoms with E-state index in [1.54, 1.807) is 49.4 Å². The molecule has 8 heteroatoms. The van der Waals surface area contributed by atoms with Gasteiger partial charge in [-0.1, -0.05) is 30.3 Å². The summed E-state index contributed by atoms with van der Waals surface area (Å²) in [6.07, 6.45) is -3.16. The van der Waals surface area contributed by atoms with E-state index in [1.165, 1.54) is 6.20 Å². The second-order valence-electron chi connectivity index (χ2n) is 7.05. The highest BCUT2D eigenvalue weighted by molar-refractivity contribution is 5.86. The van der Waals surface area contributed by atoms with Gasteiger partial charge in [-0.15, -0.1) is 0 Å². The molecule has 0 aliphatic carbocycles. The molecule has 0 spiro atoms. The first-order chi connectivity index (χ1) is 14.7. The lowest BCUT2D eigenvalue weighted by Crippen LogP contribution is -2.16. The molecular formula is C23H17F4N3O. The molecule has 1 unspecified atom stereocenters. The summed E-state index contributed by atoms with van der Waals surface area (Å²) in [5.41, 5.74) is 0.0954. The number of fused-ring (bicyclic) bond motifs is 1. The van der Waals surface area contributed by atoms with Gasteiger partial charge in [0.25, 0.3) is 0 Å². The van der Waals surface area contributed by atoms with Gasteiger partial charge in [-0.25, -0.2) is 9.37 Å². The number of aromatic hydroxyl groups is 1. The minimum Gasteiger partial charge on any atom is -0.505 e. The number of nitrogens with zero attached hydrogens (tertiary/aromatic N) is 2. The molecular weight excluding hydrogens is 410 g/mol. The minimum absolute atomic E-state index is 0.0677. The largest absolute Gasteiger partial charge is 0.505 e. The number of hydrogen-bond acceptors (Lipinski definition) is 4. The van der Waals surface area contributed by atoms with Crippen LogP contribution in [0.4, 0.5) is 23.4 Å². The average Bonchev–Trinajstić information content (AvgIpc) is 2.72. The summed E-state index contributed by atoms with van der Waals surface area (Å²) in [7, 11) is 0. The van der Waals surface area contributed by atoms with Crippen LogP contribution >= 0.6 is 0 Å². The van der Waals surface area contributed by atoms with Crippen molar-refractivity contribution in [3.05, 3.63) is 95.1 Å². The molecule has 0 radical (unpaired) electrons. The lowest BCUT2D eigenvalue weighted by atomic mass is 9.94. The van der Waals surface area contributed by atoms with Gasteiger partial charge in [-0.2, -0.15) is 13.2 Å². The SMILES string of the molecule is Cc1cccc(NC(c2ccc(C(F)(F)F)cc2F)c2ccc3cccnc3c2O)n1. The first kappa shape index (κ1) is 20.6. The van der Waals surface area contributed by atoms with Crippen LogP contribution in [0.3, 0.4) is 0 Å². The summed E-state index contributed by atoms with van der Waals surface area (Å²) in [6, 6.07) is 13.2. The molecule has 4 nitrogen and oxygen atoms in total. The topological polar surface area (TPSA) is 58.0 Å². The standard InChI is InChI=1S/C23H17F4N3O/c1-13-4-2-6-19(29-13)30-21(16-10-8-15(12-18(16)24)23(25,26)27)17-9-7-14-5-3-11-28-20(14)22(17)31/h2-12,21,31H,1H3,(H,29,30). The van der Waals surface area contributed by atoms with Crippen molar-refractivity contribution in [3.63, 3.8) is 0 Å². The molecule has 2 N–H and O–H groups in total. The van der Waals surface area contributed by atoms with Crippen molar-refractivity contribution in [2.75, 3.05) is 5.32 Å². The zero-order valence-corrected chi connectivity index (χ0v) is 16.3. The van der Waals surface area contributed by atoms with E-state index >= 15 is 0 Å². The quantitative estimate of drug-likeness (QED) is 0.392. The molecule has 0 saturated carbocycles. The van der Waals surface area contributed by atoms with E-state index in [9.17, 15) is 22.7 Å². The van der Waals surface area contributed by atoms with Crippen LogP contribution in [0.2, 0.25) is 0 Å². The lowest BCUT2D eigenvalue weighted by Gasteiger charge is -2.23. The summed E-state index contributed by atoms with van der Waals surface area (Å²) in [5.74, 6) is -0.868. The monoisotopic (exact) mass is 427 g/mol. The van der Waals surface area contributed by atoms with E-state index in [2.05, 4.69) is 15.3 Å². The van der Waals surface area contributed by atoms with E-state index in [1.807, 2.05) is 0 Å². The summed E-state index contributed by atoms with van der Waals surface area (Å²) in [6.45, 7) is 1.77. The van der Waals surface area contributed by atoms with Crippen molar-refractivity contribution in [1.82, 2.24) is 9.97 Å². The normalized spacial score (nSPS) is 12.7. The fraction of sp³-hybridized carbons (Fsp3) is 0.130. The van der Waals surface area contributed by atoms with Crippen LogP contribution in [-0.2, 0) is 6.18 Å². The number of hydrogen-bond donors (Lipinski definition) is 2. The van der Waals surface area contributed by atoms with Crippen LogP contribution < -0.4 is 5.32 Å². The van der Waals surface area contributed by atoms with Gasteiger partial charge in [0.1, 0.15) is 22.9 Å². The maximum Gasteiger partial charge on any atom is 0.416 e. The molecule has 4 rings (SSSR count). The molecule has 31 heavy (non-hydrogen) atoms. The third-order valence-electron chi connectivity index (χ3n) is 4.91. The second kappa shape index (κ2) is 7.86. The smallest absolute Gasteiger partial charge is 0.416 e. The molecule has 2 aromatic carbocycles. The molecule has 4 aromatic rings. The van der Waals surface area contributed by atoms with Crippen LogP contribution in [-0.4, -0.2) is 15.1 Å². The van der Waals surface area contributed by atoms with Crippen molar-refractivity contribution >= 4 is 16.7 Å². The van der Waals surface area contributed by atoms with Gasteiger partial charge < -0.3 is 10.4 Å². The average molecular weight is 427 g/mol. The third-order valence-corrected chi connectivity index (χ3v) is 4.91. The third kappa shape index (κ3) is 4.14. The number of benzene rings is 2. The van der Waals surface area contributed by atoms with E-state index in [4.69, 9.17) is 0 Å². The van der Waals surface area contributed by atoms with Crippen molar-refractivity contribution < 1.29 is 22.7 Å². The molecule has 2 heterocycles. The Balaban J connectivity index is 1.87. The molecule has 1 atom stereocenters. The zero-order chi connectivity index (χ0) is 22.2. The first-order valence-corrected chi connectivity index (χ1v) is 9.37. The number of rotatable bonds is 4. The highest BCUT2D eigenvalue weighted by Crippen LogP contribution is 2.38. The Bertz CT molecular complexity index is 1260. The lowest BCUT2D eigenvalue weighted by molar-refractivity contribution is -0.137. The molecule has 0 aliphatic heterocycles. The number of phenolic OH excluding ortho intramolecular Hbond substituents is 1. The predicted molar refractivity (Wildman–Crippen MR) is 109 cm³/mol. The Morgan fingerprint density at radius 2 is 1.74 bits per heavy atom. The maximum absolute atomic E-state index is 14.9. The molecule has 2 aromatic heterocycles. The summed E-state index contributed by atoms with van der Waals surface area (Å²) in [4.78, 5) is 8.50. The predicted octanol–water partition coefficient (Wildman–Crippen LogP) is 6.00. The highest BCUT2D eigenvalue weighted by Gasteiger charge is 2.32. The molecule has 0 aliphatic rings. The van der Waals surface area contributed by atoms with Crippen LogP contribution in [0.5, 0.6) is 5.75 Å². The van der Waals surface area contributed by atoms with Gasteiger partial charge in [0, 0.05) is 28.4 Å². The Morgan fingerprint density at radius 3 is 2.45 bits per heavy atom. The van der Waals surface area contributed by atoms with Crippen LogP contribution in [0.1, 0.15) is 28.4 Å². The summed E-state index contributed by atoms with van der Waals surface area (Å²) in [5, 5.41) is 14.6. The van der Waals surface area contributed by atoms with Crippen molar-refractivity contribution in [3.8, 4) is 5.75 Å². The molecule has 0 fully saturated rings. The van der Waals surface area contributed by atoms with Gasteiger partial charge >= 0.3 is 6.18 Å². The van der Waals surface area contributed by atoms with Crippen LogP contribution in [0.25, 0.3) is 10.9 Å². The van der Waals surface area contributed by atoms with Crippen molar-refractivity contribution in [1.29, 1.82) is 0 Å². The minimum atomic E-state index is -4.67. The summed E-state index contributed by atoms with van der Waals surface area (Å²) >= 11 is 0. The Labute approximate surface area is 175 Å². The Hall–Kier alpha value is -3.68. The van der Waals surface area contributed by atoms with Crippen molar-refractivity contribution in [2.45, 2.75) is 19.1 Å². The number of halogens is 4. The Kier molecular flexibility index (Phi) is 5.22. The number of pyridine rings is 2. The van der Waals surface area contributed by atoms with Crippen LogP contribution in [0, 0.1) is 12.7 Å². The fourth-order valence-electron chi connectivity index (χ4n) is 3.41. The maximum atomic E-state index is 14.9. The second-order valence-corrected chi connectivity index (χ2v) is 7.05. The van der Waals surface area contributed by atoms with E-state index < -0.39 is 23.6 Å². The molecule has 158 valence electrons. The zero-order valence-electron chi connectivity index (χ0n) is 16.3. The first-order valence-electron chi connectivity index (χ1n) is 9.37. The van der Waals surface area contributed by atoms with E-state index in [0.29, 0.717) is 28.5 Å². The fourth-order valence-corrected chi connectivity index (χ4v) is 3.41.